The number of carbonyl (C=O) groups is 2. The first-order valence-corrected chi connectivity index (χ1v) is 6.98. The number of carboxylic acid groups (broad SMARTS) is 1. The molecule has 1 aromatic carbocycles. The molecule has 0 amide bonds. The van der Waals surface area contributed by atoms with Crippen LogP contribution >= 0.6 is 0 Å². The third kappa shape index (κ3) is 4.88. The molecule has 1 rings (SSSR count). The summed E-state index contributed by atoms with van der Waals surface area (Å²) in [6.07, 6.45) is 0. The number of hydrogen-bond acceptors (Lipinski definition) is 3. The number of carbonyl (C=O) groups excluding carboxylic acids is 1. The van der Waals surface area contributed by atoms with E-state index >= 15 is 0 Å². The molecule has 4 nitrogen and oxygen atoms in total. The highest BCUT2D eigenvalue weighted by Crippen LogP contribution is 2.26. The van der Waals surface area contributed by atoms with E-state index < -0.39 is 23.5 Å². The lowest BCUT2D eigenvalue weighted by molar-refractivity contribution is -0.162. The zero-order valence-corrected chi connectivity index (χ0v) is 13.6. The van der Waals surface area contributed by atoms with Crippen LogP contribution in [0.3, 0.4) is 0 Å². The van der Waals surface area contributed by atoms with Crippen LogP contribution in [0.1, 0.15) is 58.6 Å². The van der Waals surface area contributed by atoms with Gasteiger partial charge in [0.1, 0.15) is 5.60 Å². The summed E-state index contributed by atoms with van der Waals surface area (Å²) in [4.78, 5) is 23.5. The second-order valence-corrected chi connectivity index (χ2v) is 7.18. The summed E-state index contributed by atoms with van der Waals surface area (Å²) in [6.45, 7) is 11.4. The first-order valence-electron chi connectivity index (χ1n) is 6.98. The predicted octanol–water partition coefficient (Wildman–Crippen LogP) is 3.49. The minimum Gasteiger partial charge on any atom is -0.480 e. The molecule has 0 aliphatic heterocycles. The molecule has 0 aromatic heterocycles. The third-order valence-electron chi connectivity index (χ3n) is 3.00. The van der Waals surface area contributed by atoms with E-state index in [-0.39, 0.29) is 5.41 Å². The molecule has 0 aliphatic carbocycles. The third-order valence-corrected chi connectivity index (χ3v) is 3.00. The van der Waals surface area contributed by atoms with Crippen molar-refractivity contribution in [3.05, 3.63) is 35.4 Å². The molecule has 0 spiro atoms. The minimum absolute atomic E-state index is 0.0246. The van der Waals surface area contributed by atoms with Gasteiger partial charge < -0.3 is 9.84 Å². The second-order valence-electron chi connectivity index (χ2n) is 7.18. The molecule has 116 valence electrons. The maximum absolute atomic E-state index is 12.1. The van der Waals surface area contributed by atoms with E-state index in [9.17, 15) is 14.7 Å². The maximum atomic E-state index is 12.1. The molecule has 4 heteroatoms. The van der Waals surface area contributed by atoms with Crippen LogP contribution in [0.5, 0.6) is 0 Å². The Bertz CT molecular complexity index is 515. The van der Waals surface area contributed by atoms with Crippen molar-refractivity contribution in [2.24, 2.45) is 0 Å². The van der Waals surface area contributed by atoms with Gasteiger partial charge in [-0.05, 0) is 37.3 Å². The fourth-order valence-corrected chi connectivity index (χ4v) is 1.92. The number of aliphatic carboxylic acids is 1. The Morgan fingerprint density at radius 1 is 1.00 bits per heavy atom. The van der Waals surface area contributed by atoms with Crippen LogP contribution in [0, 0.1) is 0 Å². The van der Waals surface area contributed by atoms with Crippen molar-refractivity contribution in [3.8, 4) is 0 Å². The van der Waals surface area contributed by atoms with Gasteiger partial charge in [0, 0.05) is 0 Å². The summed E-state index contributed by atoms with van der Waals surface area (Å²) in [6, 6.07) is 7.08. The Balaban J connectivity index is 3.07. The topological polar surface area (TPSA) is 63.6 Å². The number of esters is 1. The summed E-state index contributed by atoms with van der Waals surface area (Å²) in [5, 5.41) is 9.32. The number of benzene rings is 1. The molecule has 21 heavy (non-hydrogen) atoms. The van der Waals surface area contributed by atoms with E-state index in [1.165, 1.54) is 0 Å². The summed E-state index contributed by atoms with van der Waals surface area (Å²) in [5.41, 5.74) is 0.781. The van der Waals surface area contributed by atoms with Gasteiger partial charge in [0.15, 0.2) is 5.92 Å². The van der Waals surface area contributed by atoms with Crippen LogP contribution in [0.4, 0.5) is 0 Å². The molecule has 1 aromatic rings. The van der Waals surface area contributed by atoms with Crippen molar-refractivity contribution >= 4 is 11.9 Å². The fraction of sp³-hybridized carbons (Fsp3) is 0.529. The van der Waals surface area contributed by atoms with Gasteiger partial charge in [0.2, 0.25) is 0 Å². The van der Waals surface area contributed by atoms with Gasteiger partial charge in [-0.25, -0.2) is 0 Å². The number of rotatable bonds is 3. The Morgan fingerprint density at radius 2 is 1.48 bits per heavy atom. The lowest BCUT2D eigenvalue weighted by Gasteiger charge is -2.23. The standard InChI is InChI=1S/C17H24O4/c1-16(2,3)12-9-7-11(8-10-12)13(14(18)19)15(20)21-17(4,5)6/h7-10,13H,1-6H3,(H,18,19). The maximum Gasteiger partial charge on any atom is 0.325 e. The van der Waals surface area contributed by atoms with Gasteiger partial charge in [0.25, 0.3) is 0 Å². The van der Waals surface area contributed by atoms with Gasteiger partial charge in [-0.1, -0.05) is 45.0 Å². The Hall–Kier alpha value is -1.84. The van der Waals surface area contributed by atoms with E-state index in [2.05, 4.69) is 20.8 Å². The highest BCUT2D eigenvalue weighted by atomic mass is 16.6. The Kier molecular flexibility index (Phi) is 4.82. The van der Waals surface area contributed by atoms with Crippen molar-refractivity contribution in [2.75, 3.05) is 0 Å². The molecule has 0 fully saturated rings. The molecule has 1 unspecified atom stereocenters. The highest BCUT2D eigenvalue weighted by Gasteiger charge is 2.32. The highest BCUT2D eigenvalue weighted by molar-refractivity contribution is 6.00. The van der Waals surface area contributed by atoms with E-state index in [1.54, 1.807) is 32.9 Å². The molecule has 1 atom stereocenters. The molecular weight excluding hydrogens is 268 g/mol. The summed E-state index contributed by atoms with van der Waals surface area (Å²) >= 11 is 0. The van der Waals surface area contributed by atoms with Crippen LogP contribution in [0.15, 0.2) is 24.3 Å². The first-order chi connectivity index (χ1) is 9.42. The summed E-state index contributed by atoms with van der Waals surface area (Å²) in [5.74, 6) is -3.23. The smallest absolute Gasteiger partial charge is 0.325 e. The molecular formula is C17H24O4. The molecule has 0 bridgehead atoms. The molecule has 0 heterocycles. The zero-order chi connectivity index (χ0) is 16.4. The monoisotopic (exact) mass is 292 g/mol. The Morgan fingerprint density at radius 3 is 1.81 bits per heavy atom. The van der Waals surface area contributed by atoms with Gasteiger partial charge >= 0.3 is 11.9 Å². The SMILES string of the molecule is CC(C)(C)OC(=O)C(C(=O)O)c1ccc(C(C)(C)C)cc1. The fourth-order valence-electron chi connectivity index (χ4n) is 1.92. The van der Waals surface area contributed by atoms with Crippen molar-refractivity contribution in [3.63, 3.8) is 0 Å². The minimum atomic E-state index is -1.29. The molecule has 0 saturated carbocycles. The van der Waals surface area contributed by atoms with Crippen LogP contribution in [0.25, 0.3) is 0 Å². The lowest BCUT2D eigenvalue weighted by Crippen LogP contribution is -2.31. The van der Waals surface area contributed by atoms with Crippen LogP contribution in [0.2, 0.25) is 0 Å². The van der Waals surface area contributed by atoms with Crippen molar-refractivity contribution in [1.82, 2.24) is 0 Å². The second kappa shape index (κ2) is 5.88. The molecule has 1 N–H and O–H groups in total. The summed E-state index contributed by atoms with van der Waals surface area (Å²) < 4.78 is 5.19. The van der Waals surface area contributed by atoms with Crippen molar-refractivity contribution in [2.45, 2.75) is 58.5 Å². The van der Waals surface area contributed by atoms with Crippen molar-refractivity contribution in [1.29, 1.82) is 0 Å². The molecule has 0 saturated heterocycles. The van der Waals surface area contributed by atoms with Gasteiger partial charge in [-0.3, -0.25) is 9.59 Å². The average Bonchev–Trinajstić information content (AvgIpc) is 2.25. The number of hydrogen-bond donors (Lipinski definition) is 1. The van der Waals surface area contributed by atoms with Gasteiger partial charge in [0.05, 0.1) is 0 Å². The molecule has 0 aliphatic rings. The van der Waals surface area contributed by atoms with Gasteiger partial charge in [-0.15, -0.1) is 0 Å². The normalized spacial score (nSPS) is 13.6. The molecule has 0 radical (unpaired) electrons. The van der Waals surface area contributed by atoms with Crippen LogP contribution in [-0.4, -0.2) is 22.6 Å². The van der Waals surface area contributed by atoms with Crippen LogP contribution in [-0.2, 0) is 19.7 Å². The van der Waals surface area contributed by atoms with E-state index in [4.69, 9.17) is 4.74 Å². The Labute approximate surface area is 126 Å². The first kappa shape index (κ1) is 17.2. The van der Waals surface area contributed by atoms with E-state index in [0.717, 1.165) is 5.56 Å². The van der Waals surface area contributed by atoms with E-state index in [0.29, 0.717) is 5.56 Å². The number of carboxylic acids is 1. The average molecular weight is 292 g/mol. The largest absolute Gasteiger partial charge is 0.480 e. The predicted molar refractivity (Wildman–Crippen MR) is 81.4 cm³/mol. The number of ether oxygens (including phenoxy) is 1. The summed E-state index contributed by atoms with van der Waals surface area (Å²) in [7, 11) is 0. The van der Waals surface area contributed by atoms with Crippen molar-refractivity contribution < 1.29 is 19.4 Å². The lowest BCUT2D eigenvalue weighted by atomic mass is 9.85. The van der Waals surface area contributed by atoms with Crippen LogP contribution < -0.4 is 0 Å². The van der Waals surface area contributed by atoms with Gasteiger partial charge in [-0.2, -0.15) is 0 Å². The zero-order valence-electron chi connectivity index (χ0n) is 13.6. The quantitative estimate of drug-likeness (QED) is 0.684. The van der Waals surface area contributed by atoms with E-state index in [1.807, 2.05) is 12.1 Å².